The van der Waals surface area contributed by atoms with E-state index in [-0.39, 0.29) is 18.2 Å². The van der Waals surface area contributed by atoms with Gasteiger partial charge >= 0.3 is 5.97 Å². The first kappa shape index (κ1) is 22.6. The summed E-state index contributed by atoms with van der Waals surface area (Å²) in [6.45, 7) is 1.92. The molecule has 32 heavy (non-hydrogen) atoms. The molecule has 2 N–H and O–H groups in total. The Morgan fingerprint density at radius 3 is 2.38 bits per heavy atom. The highest BCUT2D eigenvalue weighted by Crippen LogP contribution is 2.17. The van der Waals surface area contributed by atoms with Gasteiger partial charge in [0.15, 0.2) is 0 Å². The van der Waals surface area contributed by atoms with Crippen LogP contribution in [0.4, 0.5) is 5.69 Å². The Balaban J connectivity index is 1.49. The minimum absolute atomic E-state index is 0.127. The number of carbonyl (C=O) groups is 3. The van der Waals surface area contributed by atoms with Crippen LogP contribution in [0.5, 0.6) is 11.5 Å². The van der Waals surface area contributed by atoms with Crippen molar-refractivity contribution >= 4 is 23.5 Å². The smallest absolute Gasteiger partial charge is 0.308 e. The van der Waals surface area contributed by atoms with E-state index in [0.29, 0.717) is 30.2 Å². The van der Waals surface area contributed by atoms with E-state index in [9.17, 15) is 14.4 Å². The summed E-state index contributed by atoms with van der Waals surface area (Å²) in [7, 11) is 0. The summed E-state index contributed by atoms with van der Waals surface area (Å²) in [5.74, 6) is 0.111. The summed E-state index contributed by atoms with van der Waals surface area (Å²) in [6.07, 6.45) is 0.240. The first-order chi connectivity index (χ1) is 15.5. The van der Waals surface area contributed by atoms with Gasteiger partial charge in [0.05, 0.1) is 13.0 Å². The van der Waals surface area contributed by atoms with E-state index >= 15 is 0 Å². The molecule has 0 spiro atoms. The van der Waals surface area contributed by atoms with Gasteiger partial charge in [-0.05, 0) is 48.0 Å². The van der Waals surface area contributed by atoms with E-state index in [1.807, 2.05) is 36.4 Å². The van der Waals surface area contributed by atoms with Crippen LogP contribution >= 0.6 is 0 Å². The molecule has 0 saturated carbocycles. The van der Waals surface area contributed by atoms with E-state index < -0.39 is 5.97 Å². The Kier molecular flexibility index (Phi) is 7.97. The average Bonchev–Trinajstić information content (AvgIpc) is 2.78. The lowest BCUT2D eigenvalue weighted by molar-refractivity contribution is -0.131. The summed E-state index contributed by atoms with van der Waals surface area (Å²) in [5.41, 5.74) is 1.79. The third kappa shape index (κ3) is 7.28. The molecular formula is C25H24N2O5. The lowest BCUT2D eigenvalue weighted by Gasteiger charge is -2.10. The highest BCUT2D eigenvalue weighted by Gasteiger charge is 2.09. The second kappa shape index (κ2) is 11.3. The summed E-state index contributed by atoms with van der Waals surface area (Å²) in [4.78, 5) is 35.7. The molecule has 0 radical (unpaired) electrons. The molecule has 0 aliphatic rings. The maximum Gasteiger partial charge on any atom is 0.308 e. The fourth-order valence-electron chi connectivity index (χ4n) is 2.90. The van der Waals surface area contributed by atoms with Gasteiger partial charge in [-0.3, -0.25) is 14.4 Å². The lowest BCUT2D eigenvalue weighted by atomic mass is 10.1. The molecule has 7 heteroatoms. The molecule has 0 heterocycles. The zero-order chi connectivity index (χ0) is 22.8. The number of ether oxygens (including phenoxy) is 2. The van der Waals surface area contributed by atoms with Gasteiger partial charge < -0.3 is 20.1 Å². The molecule has 164 valence electrons. The van der Waals surface area contributed by atoms with E-state index in [2.05, 4.69) is 10.6 Å². The van der Waals surface area contributed by atoms with Crippen molar-refractivity contribution in [3.05, 3.63) is 90.0 Å². The molecule has 0 fully saturated rings. The monoisotopic (exact) mass is 432 g/mol. The summed E-state index contributed by atoms with van der Waals surface area (Å²) < 4.78 is 10.5. The third-order valence-electron chi connectivity index (χ3n) is 4.37. The molecule has 3 rings (SSSR count). The van der Waals surface area contributed by atoms with Gasteiger partial charge in [-0.15, -0.1) is 0 Å². The quantitative estimate of drug-likeness (QED) is 0.394. The summed E-state index contributed by atoms with van der Waals surface area (Å²) >= 11 is 0. The Hall–Kier alpha value is -4.13. The Morgan fingerprint density at radius 1 is 0.844 bits per heavy atom. The van der Waals surface area contributed by atoms with Crippen LogP contribution < -0.4 is 20.1 Å². The topological polar surface area (TPSA) is 93.7 Å². The lowest BCUT2D eigenvalue weighted by Crippen LogP contribution is -2.24. The fourth-order valence-corrected chi connectivity index (χ4v) is 2.90. The first-order valence-corrected chi connectivity index (χ1v) is 10.1. The van der Waals surface area contributed by atoms with Crippen molar-refractivity contribution in [3.8, 4) is 11.5 Å². The third-order valence-corrected chi connectivity index (χ3v) is 4.37. The number of para-hydroxylation sites is 1. The van der Waals surface area contributed by atoms with Crippen LogP contribution in [0.15, 0.2) is 78.9 Å². The molecule has 7 nitrogen and oxygen atoms in total. The standard InChI is InChI=1S/C25H24N2O5/c1-18(28)32-23-12-6-8-20(16-23)25(30)27-21-9-5-7-19(15-21)17-26-24(29)13-14-31-22-10-3-2-4-11-22/h2-12,15-16H,13-14,17H2,1H3,(H,26,29)(H,27,30). The molecule has 2 amide bonds. The molecule has 0 unspecified atom stereocenters. The van der Waals surface area contributed by atoms with Crippen molar-refractivity contribution in [2.24, 2.45) is 0 Å². The van der Waals surface area contributed by atoms with Gasteiger partial charge in [-0.1, -0.05) is 36.4 Å². The largest absolute Gasteiger partial charge is 0.493 e. The Bertz CT molecular complexity index is 1080. The van der Waals surface area contributed by atoms with Crippen molar-refractivity contribution in [1.29, 1.82) is 0 Å². The Morgan fingerprint density at radius 2 is 1.59 bits per heavy atom. The second-order valence-corrected chi connectivity index (χ2v) is 6.96. The van der Waals surface area contributed by atoms with Crippen LogP contribution in [0.2, 0.25) is 0 Å². The SMILES string of the molecule is CC(=O)Oc1cccc(C(=O)Nc2cccc(CNC(=O)CCOc3ccccc3)c2)c1. The van der Waals surface area contributed by atoms with Gasteiger partial charge in [-0.2, -0.15) is 0 Å². The van der Waals surface area contributed by atoms with Crippen LogP contribution in [0.3, 0.4) is 0 Å². The maximum atomic E-state index is 12.5. The molecule has 0 saturated heterocycles. The van der Waals surface area contributed by atoms with E-state index in [0.717, 1.165) is 11.3 Å². The number of rotatable bonds is 9. The zero-order valence-corrected chi connectivity index (χ0v) is 17.7. The highest BCUT2D eigenvalue weighted by atomic mass is 16.5. The minimum atomic E-state index is -0.455. The number of carbonyl (C=O) groups excluding carboxylic acids is 3. The molecular weight excluding hydrogens is 408 g/mol. The summed E-state index contributed by atoms with van der Waals surface area (Å²) in [6, 6.07) is 22.9. The number of benzene rings is 3. The molecule has 0 bridgehead atoms. The van der Waals surface area contributed by atoms with Crippen molar-refractivity contribution in [2.75, 3.05) is 11.9 Å². The second-order valence-electron chi connectivity index (χ2n) is 6.96. The minimum Gasteiger partial charge on any atom is -0.493 e. The van der Waals surface area contributed by atoms with Crippen LogP contribution in [-0.4, -0.2) is 24.4 Å². The predicted molar refractivity (Wildman–Crippen MR) is 121 cm³/mol. The molecule has 3 aromatic rings. The maximum absolute atomic E-state index is 12.5. The van der Waals surface area contributed by atoms with Gasteiger partial charge in [0, 0.05) is 24.7 Å². The number of amides is 2. The van der Waals surface area contributed by atoms with Crippen LogP contribution in [0, 0.1) is 0 Å². The molecule has 3 aromatic carbocycles. The van der Waals surface area contributed by atoms with Crippen LogP contribution in [0.1, 0.15) is 29.3 Å². The predicted octanol–water partition coefficient (Wildman–Crippen LogP) is 3.95. The van der Waals surface area contributed by atoms with Crippen LogP contribution in [0.25, 0.3) is 0 Å². The molecule has 0 aromatic heterocycles. The summed E-state index contributed by atoms with van der Waals surface area (Å²) in [5, 5.41) is 5.65. The van der Waals surface area contributed by atoms with E-state index in [1.54, 1.807) is 36.4 Å². The fraction of sp³-hybridized carbons (Fsp3) is 0.160. The van der Waals surface area contributed by atoms with Crippen molar-refractivity contribution < 1.29 is 23.9 Å². The van der Waals surface area contributed by atoms with E-state index in [1.165, 1.54) is 13.0 Å². The molecule has 0 aliphatic heterocycles. The zero-order valence-electron chi connectivity index (χ0n) is 17.7. The van der Waals surface area contributed by atoms with Crippen LogP contribution in [-0.2, 0) is 16.1 Å². The number of hydrogen-bond acceptors (Lipinski definition) is 5. The Labute approximate surface area is 186 Å². The van der Waals surface area contributed by atoms with Crippen molar-refractivity contribution in [3.63, 3.8) is 0 Å². The van der Waals surface area contributed by atoms with E-state index in [4.69, 9.17) is 9.47 Å². The average molecular weight is 432 g/mol. The molecule has 0 aliphatic carbocycles. The number of nitrogens with one attached hydrogen (secondary N) is 2. The van der Waals surface area contributed by atoms with Crippen molar-refractivity contribution in [2.45, 2.75) is 19.9 Å². The number of anilines is 1. The number of esters is 1. The van der Waals surface area contributed by atoms with Gasteiger partial charge in [0.1, 0.15) is 11.5 Å². The normalized spacial score (nSPS) is 10.2. The number of hydrogen-bond donors (Lipinski definition) is 2. The van der Waals surface area contributed by atoms with Gasteiger partial charge in [0.25, 0.3) is 5.91 Å². The van der Waals surface area contributed by atoms with Gasteiger partial charge in [-0.25, -0.2) is 0 Å². The highest BCUT2D eigenvalue weighted by molar-refractivity contribution is 6.04. The first-order valence-electron chi connectivity index (χ1n) is 10.1. The van der Waals surface area contributed by atoms with Crippen molar-refractivity contribution in [1.82, 2.24) is 5.32 Å². The van der Waals surface area contributed by atoms with Gasteiger partial charge in [0.2, 0.25) is 5.91 Å². The molecule has 0 atom stereocenters.